The second-order valence-electron chi connectivity index (χ2n) is 4.59. The Hall–Kier alpha value is -1.89. The summed E-state index contributed by atoms with van der Waals surface area (Å²) in [5, 5.41) is 11.5. The molecule has 1 fully saturated rings. The van der Waals surface area contributed by atoms with Crippen molar-refractivity contribution < 1.29 is 23.1 Å². The highest BCUT2D eigenvalue weighted by molar-refractivity contribution is 7.90. The minimum atomic E-state index is -3.54. The van der Waals surface area contributed by atoms with E-state index in [1.165, 1.54) is 12.1 Å². The fourth-order valence-electron chi connectivity index (χ4n) is 1.60. The number of anilines is 1. The summed E-state index contributed by atoms with van der Waals surface area (Å²) in [6.07, 6.45) is 2.60. The average Bonchev–Trinajstić information content (AvgIpc) is 3.10. The summed E-state index contributed by atoms with van der Waals surface area (Å²) in [4.78, 5) is 22.4. The molecule has 0 aromatic heterocycles. The maximum absolute atomic E-state index is 11.6. The van der Waals surface area contributed by atoms with Crippen molar-refractivity contribution in [3.63, 3.8) is 0 Å². The van der Waals surface area contributed by atoms with Crippen molar-refractivity contribution in [2.45, 2.75) is 17.7 Å². The smallest absolute Gasteiger partial charge is 0.335 e. The van der Waals surface area contributed by atoms with E-state index in [2.05, 4.69) is 5.32 Å². The van der Waals surface area contributed by atoms with Crippen LogP contribution in [0.15, 0.2) is 23.1 Å². The van der Waals surface area contributed by atoms with Gasteiger partial charge in [-0.3, -0.25) is 4.79 Å². The maximum atomic E-state index is 11.6. The van der Waals surface area contributed by atoms with Gasteiger partial charge in [0.1, 0.15) is 0 Å². The topological polar surface area (TPSA) is 101 Å². The molecule has 1 aliphatic rings. The molecule has 102 valence electrons. The second-order valence-corrected chi connectivity index (χ2v) is 6.60. The highest BCUT2D eigenvalue weighted by atomic mass is 32.2. The Morgan fingerprint density at radius 3 is 2.37 bits per heavy atom. The summed E-state index contributed by atoms with van der Waals surface area (Å²) in [5.41, 5.74) is 0.0197. The molecule has 0 heterocycles. The molecule has 0 spiro atoms. The van der Waals surface area contributed by atoms with Crippen LogP contribution in [0.2, 0.25) is 0 Å². The number of hydrogen-bond donors (Lipinski definition) is 2. The predicted molar refractivity (Wildman–Crippen MR) is 67.9 cm³/mol. The van der Waals surface area contributed by atoms with E-state index in [-0.39, 0.29) is 28.0 Å². The van der Waals surface area contributed by atoms with Crippen LogP contribution < -0.4 is 5.32 Å². The Morgan fingerprint density at radius 2 is 1.89 bits per heavy atom. The van der Waals surface area contributed by atoms with Crippen LogP contribution in [0.25, 0.3) is 0 Å². The van der Waals surface area contributed by atoms with Crippen molar-refractivity contribution in [2.75, 3.05) is 11.6 Å². The monoisotopic (exact) mass is 283 g/mol. The molecule has 1 aromatic carbocycles. The van der Waals surface area contributed by atoms with E-state index < -0.39 is 15.8 Å². The van der Waals surface area contributed by atoms with Gasteiger partial charge in [0.15, 0.2) is 9.84 Å². The lowest BCUT2D eigenvalue weighted by atomic mass is 10.2. The summed E-state index contributed by atoms with van der Waals surface area (Å²) in [7, 11) is -3.54. The third-order valence-corrected chi connectivity index (χ3v) is 3.89. The van der Waals surface area contributed by atoms with E-state index in [4.69, 9.17) is 5.11 Å². The fraction of sp³-hybridized carbons (Fsp3) is 0.333. The Balaban J connectivity index is 2.39. The first kappa shape index (κ1) is 13.5. The quantitative estimate of drug-likeness (QED) is 0.862. The minimum Gasteiger partial charge on any atom is -0.478 e. The molecular formula is C12H13NO5S. The highest BCUT2D eigenvalue weighted by Gasteiger charge is 2.29. The molecular weight excluding hydrogens is 270 g/mol. The SMILES string of the molecule is CS(=O)(=O)c1cc(NC(=O)C2CC2)cc(C(=O)O)c1. The zero-order valence-corrected chi connectivity index (χ0v) is 11.0. The summed E-state index contributed by atoms with van der Waals surface area (Å²) in [5.74, 6) is -1.50. The third kappa shape index (κ3) is 3.31. The van der Waals surface area contributed by atoms with Crippen molar-refractivity contribution in [1.29, 1.82) is 0 Å². The van der Waals surface area contributed by atoms with Gasteiger partial charge in [0.05, 0.1) is 10.5 Å². The number of rotatable bonds is 4. The molecule has 0 bridgehead atoms. The second kappa shape index (κ2) is 4.65. The molecule has 0 unspecified atom stereocenters. The molecule has 1 amide bonds. The molecule has 0 atom stereocenters. The zero-order chi connectivity index (χ0) is 14.2. The van der Waals surface area contributed by atoms with Gasteiger partial charge in [-0.1, -0.05) is 0 Å². The summed E-state index contributed by atoms with van der Waals surface area (Å²) in [6, 6.07) is 3.59. The average molecular weight is 283 g/mol. The number of nitrogens with one attached hydrogen (secondary N) is 1. The van der Waals surface area contributed by atoms with Gasteiger partial charge in [-0.25, -0.2) is 13.2 Å². The number of carbonyl (C=O) groups is 2. The van der Waals surface area contributed by atoms with Gasteiger partial charge in [-0.05, 0) is 31.0 Å². The lowest BCUT2D eigenvalue weighted by Crippen LogP contribution is -2.14. The largest absolute Gasteiger partial charge is 0.478 e. The fourth-order valence-corrected chi connectivity index (χ4v) is 2.28. The van der Waals surface area contributed by atoms with Gasteiger partial charge in [0, 0.05) is 17.9 Å². The molecule has 6 nitrogen and oxygen atoms in total. The molecule has 2 N–H and O–H groups in total. The predicted octanol–water partition coefficient (Wildman–Crippen LogP) is 1.14. The normalized spacial score (nSPS) is 15.0. The van der Waals surface area contributed by atoms with E-state index in [1.807, 2.05) is 0 Å². The Labute approximate surface area is 110 Å². The molecule has 0 aliphatic heterocycles. The first-order chi connectivity index (χ1) is 8.77. The van der Waals surface area contributed by atoms with Crippen LogP contribution in [0.1, 0.15) is 23.2 Å². The van der Waals surface area contributed by atoms with Crippen molar-refractivity contribution in [3.05, 3.63) is 23.8 Å². The minimum absolute atomic E-state index is 0.0461. The van der Waals surface area contributed by atoms with Gasteiger partial charge in [0.25, 0.3) is 0 Å². The summed E-state index contributed by atoms with van der Waals surface area (Å²) < 4.78 is 23.0. The number of carboxylic acids is 1. The van der Waals surface area contributed by atoms with E-state index in [1.54, 1.807) is 0 Å². The lowest BCUT2D eigenvalue weighted by Gasteiger charge is -2.08. The van der Waals surface area contributed by atoms with Crippen LogP contribution in [0.4, 0.5) is 5.69 Å². The van der Waals surface area contributed by atoms with Crippen LogP contribution in [0.5, 0.6) is 0 Å². The van der Waals surface area contributed by atoms with Crippen molar-refractivity contribution in [2.24, 2.45) is 5.92 Å². The van der Waals surface area contributed by atoms with Crippen LogP contribution >= 0.6 is 0 Å². The Kier molecular flexibility index (Phi) is 3.32. The van der Waals surface area contributed by atoms with Crippen LogP contribution in [0, 0.1) is 5.92 Å². The first-order valence-electron chi connectivity index (χ1n) is 5.66. The van der Waals surface area contributed by atoms with Crippen molar-refractivity contribution in [3.8, 4) is 0 Å². The number of benzene rings is 1. The summed E-state index contributed by atoms with van der Waals surface area (Å²) >= 11 is 0. The number of hydrogen-bond acceptors (Lipinski definition) is 4. The lowest BCUT2D eigenvalue weighted by molar-refractivity contribution is -0.117. The number of amides is 1. The van der Waals surface area contributed by atoms with E-state index in [0.29, 0.717) is 0 Å². The number of carboxylic acid groups (broad SMARTS) is 1. The van der Waals surface area contributed by atoms with E-state index >= 15 is 0 Å². The number of sulfone groups is 1. The maximum Gasteiger partial charge on any atom is 0.335 e. The van der Waals surface area contributed by atoms with E-state index in [0.717, 1.165) is 25.2 Å². The standard InChI is InChI=1S/C12H13NO5S/c1-19(17,18)10-5-8(12(15)16)4-9(6-10)13-11(14)7-2-3-7/h4-7H,2-3H2,1H3,(H,13,14)(H,15,16). The first-order valence-corrected chi connectivity index (χ1v) is 7.56. The molecule has 0 saturated heterocycles. The summed E-state index contributed by atoms with van der Waals surface area (Å²) in [6.45, 7) is 0. The highest BCUT2D eigenvalue weighted by Crippen LogP contribution is 2.30. The van der Waals surface area contributed by atoms with E-state index in [9.17, 15) is 18.0 Å². The molecule has 1 aliphatic carbocycles. The van der Waals surface area contributed by atoms with Crippen molar-refractivity contribution in [1.82, 2.24) is 0 Å². The zero-order valence-electron chi connectivity index (χ0n) is 10.2. The molecule has 1 aromatic rings. The van der Waals surface area contributed by atoms with Gasteiger partial charge < -0.3 is 10.4 Å². The molecule has 1 saturated carbocycles. The Morgan fingerprint density at radius 1 is 1.26 bits per heavy atom. The van der Waals surface area contributed by atoms with Gasteiger partial charge in [0.2, 0.25) is 5.91 Å². The number of aromatic carboxylic acids is 1. The van der Waals surface area contributed by atoms with Crippen molar-refractivity contribution >= 4 is 27.4 Å². The Bertz CT molecular complexity index is 646. The molecule has 7 heteroatoms. The molecule has 2 rings (SSSR count). The molecule has 19 heavy (non-hydrogen) atoms. The van der Waals surface area contributed by atoms with Crippen LogP contribution in [-0.4, -0.2) is 31.7 Å². The van der Waals surface area contributed by atoms with Crippen LogP contribution in [-0.2, 0) is 14.6 Å². The molecule has 0 radical (unpaired) electrons. The third-order valence-electron chi connectivity index (χ3n) is 2.80. The van der Waals surface area contributed by atoms with Gasteiger partial charge in [-0.2, -0.15) is 0 Å². The number of carbonyl (C=O) groups excluding carboxylic acids is 1. The van der Waals surface area contributed by atoms with Gasteiger partial charge >= 0.3 is 5.97 Å². The van der Waals surface area contributed by atoms with Crippen LogP contribution in [0.3, 0.4) is 0 Å². The van der Waals surface area contributed by atoms with Gasteiger partial charge in [-0.15, -0.1) is 0 Å².